The fourth-order valence-corrected chi connectivity index (χ4v) is 2.52. The van der Waals surface area contributed by atoms with E-state index in [-0.39, 0.29) is 16.6 Å². The molecule has 0 aliphatic carbocycles. The zero-order valence-corrected chi connectivity index (χ0v) is 14.3. The number of hydrogen-bond acceptors (Lipinski definition) is 4. The quantitative estimate of drug-likeness (QED) is 0.871. The second-order valence-electron chi connectivity index (χ2n) is 5.05. The number of likely N-dealkylation sites (N-methyl/N-ethyl adjacent to an activating group) is 1. The Kier molecular flexibility index (Phi) is 6.26. The smallest absolute Gasteiger partial charge is 0.272 e. The Bertz CT molecular complexity index is 705. The van der Waals surface area contributed by atoms with Gasteiger partial charge in [-0.3, -0.25) is 9.59 Å². The summed E-state index contributed by atoms with van der Waals surface area (Å²) in [5, 5.41) is 2.87. The molecule has 1 atom stereocenters. The van der Waals surface area contributed by atoms with Crippen molar-refractivity contribution in [3.8, 4) is 0 Å². The first-order valence-electron chi connectivity index (χ1n) is 7.68. The molecule has 24 heavy (non-hydrogen) atoms. The van der Waals surface area contributed by atoms with Crippen LogP contribution in [0.3, 0.4) is 0 Å². The number of nitrogens with one attached hydrogen (secondary N) is 1. The number of aromatic nitrogens is 2. The van der Waals surface area contributed by atoms with Gasteiger partial charge in [0.15, 0.2) is 0 Å². The first-order valence-corrected chi connectivity index (χ1v) is 8.06. The number of rotatable bonds is 6. The number of nitrogens with zero attached hydrogens (tertiary/aromatic N) is 3. The predicted octanol–water partition coefficient (Wildman–Crippen LogP) is 2.47. The third kappa shape index (κ3) is 4.08. The van der Waals surface area contributed by atoms with Crippen LogP contribution in [0, 0.1) is 0 Å². The van der Waals surface area contributed by atoms with Crippen LogP contribution in [0.2, 0.25) is 5.02 Å². The van der Waals surface area contributed by atoms with Crippen LogP contribution in [0.5, 0.6) is 0 Å². The molecule has 1 N–H and O–H groups in total. The molecule has 7 heteroatoms. The van der Waals surface area contributed by atoms with Crippen LogP contribution in [-0.2, 0) is 4.79 Å². The van der Waals surface area contributed by atoms with Crippen LogP contribution >= 0.6 is 11.6 Å². The molecule has 0 spiro atoms. The molecule has 0 bridgehead atoms. The number of carbonyl (C=O) groups is 2. The first-order chi connectivity index (χ1) is 11.6. The molecule has 2 amide bonds. The fraction of sp³-hybridized carbons (Fsp3) is 0.294. The van der Waals surface area contributed by atoms with E-state index in [1.807, 2.05) is 32.0 Å². The van der Waals surface area contributed by atoms with Crippen molar-refractivity contribution >= 4 is 23.4 Å². The minimum absolute atomic E-state index is 0.0416. The van der Waals surface area contributed by atoms with Gasteiger partial charge < -0.3 is 10.2 Å². The lowest BCUT2D eigenvalue weighted by Crippen LogP contribution is -2.43. The Balaban J connectivity index is 2.31. The van der Waals surface area contributed by atoms with Gasteiger partial charge in [0.25, 0.3) is 5.91 Å². The highest BCUT2D eigenvalue weighted by Crippen LogP contribution is 2.18. The van der Waals surface area contributed by atoms with Gasteiger partial charge in [-0.1, -0.05) is 41.9 Å². The Labute approximate surface area is 145 Å². The summed E-state index contributed by atoms with van der Waals surface area (Å²) in [5.41, 5.74) is 0.743. The van der Waals surface area contributed by atoms with Gasteiger partial charge in [0.2, 0.25) is 5.91 Å². The maximum absolute atomic E-state index is 12.8. The zero-order chi connectivity index (χ0) is 17.5. The monoisotopic (exact) mass is 346 g/mol. The maximum Gasteiger partial charge on any atom is 0.272 e. The molecule has 0 radical (unpaired) electrons. The largest absolute Gasteiger partial charge is 0.341 e. The van der Waals surface area contributed by atoms with Crippen LogP contribution in [0.1, 0.15) is 35.9 Å². The van der Waals surface area contributed by atoms with Crippen LogP contribution in [0.4, 0.5) is 0 Å². The van der Waals surface area contributed by atoms with Gasteiger partial charge in [0.1, 0.15) is 18.1 Å². The molecule has 0 saturated carbocycles. The van der Waals surface area contributed by atoms with Crippen molar-refractivity contribution in [1.29, 1.82) is 0 Å². The van der Waals surface area contributed by atoms with E-state index in [1.165, 1.54) is 12.5 Å². The van der Waals surface area contributed by atoms with E-state index in [0.29, 0.717) is 18.7 Å². The Morgan fingerprint density at radius 2 is 1.88 bits per heavy atom. The molecule has 126 valence electrons. The van der Waals surface area contributed by atoms with Gasteiger partial charge in [-0.15, -0.1) is 0 Å². The molecule has 0 aliphatic rings. The lowest BCUT2D eigenvalue weighted by Gasteiger charge is -2.26. The summed E-state index contributed by atoms with van der Waals surface area (Å²) in [4.78, 5) is 34.6. The molecule has 0 fully saturated rings. The van der Waals surface area contributed by atoms with E-state index in [9.17, 15) is 9.59 Å². The molecular formula is C17H19ClN4O2. The second kappa shape index (κ2) is 8.40. The molecule has 0 saturated heterocycles. The van der Waals surface area contributed by atoms with Crippen molar-refractivity contribution < 1.29 is 9.59 Å². The fourth-order valence-electron chi connectivity index (χ4n) is 2.33. The maximum atomic E-state index is 12.8. The number of benzene rings is 1. The van der Waals surface area contributed by atoms with Gasteiger partial charge >= 0.3 is 0 Å². The topological polar surface area (TPSA) is 75.2 Å². The highest BCUT2D eigenvalue weighted by molar-refractivity contribution is 6.33. The highest BCUT2D eigenvalue weighted by atomic mass is 35.5. The molecule has 6 nitrogen and oxygen atoms in total. The van der Waals surface area contributed by atoms with Gasteiger partial charge in [0.05, 0.1) is 5.02 Å². The molecule has 1 aromatic heterocycles. The van der Waals surface area contributed by atoms with E-state index >= 15 is 0 Å². The number of carbonyl (C=O) groups excluding carboxylic acids is 2. The number of halogens is 1. The summed E-state index contributed by atoms with van der Waals surface area (Å²) in [6, 6.07) is 8.29. The van der Waals surface area contributed by atoms with Gasteiger partial charge in [-0.25, -0.2) is 9.97 Å². The van der Waals surface area contributed by atoms with Crippen molar-refractivity contribution in [2.45, 2.75) is 19.9 Å². The summed E-state index contributed by atoms with van der Waals surface area (Å²) >= 11 is 5.96. The summed E-state index contributed by atoms with van der Waals surface area (Å²) in [6.45, 7) is 4.91. The van der Waals surface area contributed by atoms with Crippen LogP contribution in [0.25, 0.3) is 0 Å². The normalized spacial score (nSPS) is 11.6. The van der Waals surface area contributed by atoms with E-state index in [4.69, 9.17) is 11.6 Å². The summed E-state index contributed by atoms with van der Waals surface area (Å²) < 4.78 is 0. The molecular weight excluding hydrogens is 328 g/mol. The van der Waals surface area contributed by atoms with Crippen molar-refractivity contribution in [2.24, 2.45) is 0 Å². The Morgan fingerprint density at radius 1 is 1.21 bits per heavy atom. The Morgan fingerprint density at radius 3 is 2.46 bits per heavy atom. The van der Waals surface area contributed by atoms with E-state index in [0.717, 1.165) is 0 Å². The average Bonchev–Trinajstić information content (AvgIpc) is 2.61. The summed E-state index contributed by atoms with van der Waals surface area (Å²) in [7, 11) is 0. The van der Waals surface area contributed by atoms with Crippen molar-refractivity contribution in [1.82, 2.24) is 20.2 Å². The van der Waals surface area contributed by atoms with Crippen LogP contribution in [0.15, 0.2) is 42.9 Å². The van der Waals surface area contributed by atoms with E-state index in [2.05, 4.69) is 15.3 Å². The molecule has 1 aromatic carbocycles. The number of hydrogen-bond donors (Lipinski definition) is 1. The molecule has 2 rings (SSSR count). The lowest BCUT2D eigenvalue weighted by atomic mass is 10.1. The van der Waals surface area contributed by atoms with Gasteiger partial charge in [0, 0.05) is 19.3 Å². The van der Waals surface area contributed by atoms with Crippen LogP contribution in [-0.4, -0.2) is 39.8 Å². The molecule has 0 unspecified atom stereocenters. The van der Waals surface area contributed by atoms with Gasteiger partial charge in [-0.05, 0) is 19.4 Å². The molecule has 2 aromatic rings. The van der Waals surface area contributed by atoms with Crippen molar-refractivity contribution in [3.63, 3.8) is 0 Å². The predicted molar refractivity (Wildman–Crippen MR) is 91.6 cm³/mol. The SMILES string of the molecule is CCN(CC)C(=O)[C@@H](NC(=O)c1ncncc1Cl)c1ccccc1. The zero-order valence-electron chi connectivity index (χ0n) is 13.6. The minimum Gasteiger partial charge on any atom is -0.341 e. The van der Waals surface area contributed by atoms with E-state index < -0.39 is 11.9 Å². The third-order valence-corrected chi connectivity index (χ3v) is 3.89. The lowest BCUT2D eigenvalue weighted by molar-refractivity contribution is -0.133. The Hall–Kier alpha value is -2.47. The van der Waals surface area contributed by atoms with Crippen molar-refractivity contribution in [3.05, 3.63) is 59.1 Å². The number of amides is 2. The third-order valence-electron chi connectivity index (χ3n) is 3.61. The highest BCUT2D eigenvalue weighted by Gasteiger charge is 2.27. The second-order valence-corrected chi connectivity index (χ2v) is 5.45. The van der Waals surface area contributed by atoms with E-state index in [1.54, 1.807) is 17.0 Å². The molecule has 1 heterocycles. The van der Waals surface area contributed by atoms with Gasteiger partial charge in [-0.2, -0.15) is 0 Å². The summed E-state index contributed by atoms with van der Waals surface area (Å²) in [5.74, 6) is -0.693. The standard InChI is InChI=1S/C17H19ClN4O2/c1-3-22(4-2)17(24)14(12-8-6-5-7-9-12)21-16(23)15-13(18)10-19-11-20-15/h5-11,14H,3-4H2,1-2H3,(H,21,23)/t14-/m0/s1. The summed E-state index contributed by atoms with van der Waals surface area (Å²) in [6.07, 6.45) is 2.58. The van der Waals surface area contributed by atoms with Crippen LogP contribution < -0.4 is 5.32 Å². The van der Waals surface area contributed by atoms with Crippen molar-refractivity contribution in [2.75, 3.05) is 13.1 Å². The first kappa shape index (κ1) is 17.9. The minimum atomic E-state index is -0.801. The molecule has 0 aliphatic heterocycles. The average molecular weight is 347 g/mol.